The van der Waals surface area contributed by atoms with E-state index in [2.05, 4.69) is 26.8 Å². The number of allylic oxidation sites excluding steroid dienone is 1. The zero-order valence-corrected chi connectivity index (χ0v) is 15.0. The first-order chi connectivity index (χ1) is 11.1. The van der Waals surface area contributed by atoms with E-state index < -0.39 is 29.6 Å². The van der Waals surface area contributed by atoms with Crippen LogP contribution in [0.2, 0.25) is 0 Å². The number of carbonyl (C=O) groups is 1. The van der Waals surface area contributed by atoms with Crippen LogP contribution in [-0.2, 0) is 4.79 Å². The second kappa shape index (κ2) is 4.72. The Bertz CT molecular complexity index is 611. The fraction of sp³-hybridized carbons (Fsp3) is 0.850. The standard InChI is InChI=1S/C20H30O4/c1-17(2)6-4-7-18(3)15(17)13(22)9-19-8-5-12(14(23)16(18)19)20(24,10-19)11-21/h5,8,12-13,15-16,21-22,24H,4,6-7,9-11H2,1-3H3/t12?,13-,15?,16?,18-,19?,20-/m1/s1. The molecule has 0 heterocycles. The summed E-state index contributed by atoms with van der Waals surface area (Å²) in [7, 11) is 0. The van der Waals surface area contributed by atoms with Gasteiger partial charge in [0, 0.05) is 11.3 Å². The van der Waals surface area contributed by atoms with Gasteiger partial charge in [-0.15, -0.1) is 0 Å². The molecule has 4 unspecified atom stereocenters. The quantitative estimate of drug-likeness (QED) is 0.642. The summed E-state index contributed by atoms with van der Waals surface area (Å²) in [4.78, 5) is 13.4. The van der Waals surface area contributed by atoms with E-state index in [1.54, 1.807) is 6.08 Å². The van der Waals surface area contributed by atoms with Gasteiger partial charge in [0.25, 0.3) is 0 Å². The van der Waals surface area contributed by atoms with Crippen molar-refractivity contribution in [2.45, 2.75) is 64.6 Å². The maximum atomic E-state index is 13.4. The van der Waals surface area contributed by atoms with Gasteiger partial charge in [0.05, 0.1) is 18.6 Å². The number of hydrogen-bond donors (Lipinski definition) is 3. The van der Waals surface area contributed by atoms with Crippen LogP contribution >= 0.6 is 0 Å². The van der Waals surface area contributed by atoms with Crippen molar-refractivity contribution >= 4 is 5.78 Å². The monoisotopic (exact) mass is 334 g/mol. The lowest BCUT2D eigenvalue weighted by atomic mass is 9.36. The molecule has 0 radical (unpaired) electrons. The summed E-state index contributed by atoms with van der Waals surface area (Å²) in [5.41, 5.74) is -2.10. The first-order valence-electron chi connectivity index (χ1n) is 9.34. The number of aliphatic hydroxyl groups is 3. The number of aliphatic hydroxyl groups excluding tert-OH is 2. The van der Waals surface area contributed by atoms with E-state index in [1.165, 1.54) is 0 Å². The molecule has 5 aliphatic rings. The molecule has 0 amide bonds. The number of fused-ring (bicyclic) bond motifs is 2. The maximum Gasteiger partial charge on any atom is 0.147 e. The summed E-state index contributed by atoms with van der Waals surface area (Å²) < 4.78 is 0. The van der Waals surface area contributed by atoms with Crippen molar-refractivity contribution in [2.75, 3.05) is 6.61 Å². The van der Waals surface area contributed by atoms with E-state index in [1.807, 2.05) is 0 Å². The molecule has 0 aliphatic heterocycles. The summed E-state index contributed by atoms with van der Waals surface area (Å²) in [5.74, 6) is -0.572. The average Bonchev–Trinajstić information content (AvgIpc) is 2.44. The molecule has 7 atom stereocenters. The molecule has 3 saturated carbocycles. The van der Waals surface area contributed by atoms with E-state index >= 15 is 0 Å². The second-order valence-corrected chi connectivity index (χ2v) is 9.94. The molecule has 0 aromatic carbocycles. The van der Waals surface area contributed by atoms with E-state index in [0.717, 1.165) is 19.3 Å². The smallest absolute Gasteiger partial charge is 0.147 e. The van der Waals surface area contributed by atoms with Gasteiger partial charge in [-0.05, 0) is 42.4 Å². The highest BCUT2D eigenvalue weighted by Gasteiger charge is 2.70. The van der Waals surface area contributed by atoms with Crippen LogP contribution in [0, 0.1) is 34.0 Å². The molecule has 4 nitrogen and oxygen atoms in total. The van der Waals surface area contributed by atoms with Crippen molar-refractivity contribution in [1.82, 2.24) is 0 Å². The number of hydrogen-bond acceptors (Lipinski definition) is 4. The lowest BCUT2D eigenvalue weighted by molar-refractivity contribution is -0.221. The van der Waals surface area contributed by atoms with E-state index in [0.29, 0.717) is 12.8 Å². The molecule has 24 heavy (non-hydrogen) atoms. The average molecular weight is 334 g/mol. The predicted octanol–water partition coefficient (Wildman–Crippen LogP) is 2.07. The second-order valence-electron chi connectivity index (χ2n) is 9.94. The zero-order chi connectivity index (χ0) is 17.5. The minimum Gasteiger partial charge on any atom is -0.393 e. The van der Waals surface area contributed by atoms with E-state index in [4.69, 9.17) is 0 Å². The third-order valence-corrected chi connectivity index (χ3v) is 8.00. The Morgan fingerprint density at radius 2 is 1.96 bits per heavy atom. The van der Waals surface area contributed by atoms with Crippen LogP contribution in [-0.4, -0.2) is 39.4 Å². The first-order valence-corrected chi connectivity index (χ1v) is 9.34. The van der Waals surface area contributed by atoms with Crippen molar-refractivity contribution in [3.63, 3.8) is 0 Å². The molecular weight excluding hydrogens is 304 g/mol. The van der Waals surface area contributed by atoms with Gasteiger partial charge < -0.3 is 15.3 Å². The summed E-state index contributed by atoms with van der Waals surface area (Å²) in [6, 6.07) is 0. The van der Waals surface area contributed by atoms with Crippen LogP contribution in [0.5, 0.6) is 0 Å². The first kappa shape index (κ1) is 16.7. The molecule has 2 bridgehead atoms. The van der Waals surface area contributed by atoms with Crippen molar-refractivity contribution in [2.24, 2.45) is 34.0 Å². The molecule has 0 aromatic rings. The lowest BCUT2D eigenvalue weighted by Crippen LogP contribution is -2.70. The molecular formula is C20H30O4. The van der Waals surface area contributed by atoms with Crippen LogP contribution in [0.4, 0.5) is 0 Å². The Labute approximate surface area is 144 Å². The third-order valence-electron chi connectivity index (χ3n) is 8.00. The molecule has 0 aromatic heterocycles. The maximum absolute atomic E-state index is 13.4. The number of rotatable bonds is 1. The summed E-state index contributed by atoms with van der Waals surface area (Å²) in [6.07, 6.45) is 7.41. The number of carbonyl (C=O) groups excluding carboxylic acids is 1. The normalized spacial score (nSPS) is 55.2. The molecule has 3 N–H and O–H groups in total. The van der Waals surface area contributed by atoms with Crippen molar-refractivity contribution < 1.29 is 20.1 Å². The van der Waals surface area contributed by atoms with Crippen LogP contribution in [0.15, 0.2) is 12.2 Å². The minimum atomic E-state index is -1.37. The van der Waals surface area contributed by atoms with Gasteiger partial charge in [0.1, 0.15) is 11.4 Å². The molecule has 5 rings (SSSR count). The molecule has 3 fully saturated rings. The Hall–Kier alpha value is -0.710. The van der Waals surface area contributed by atoms with Gasteiger partial charge in [-0.1, -0.05) is 39.3 Å². The van der Waals surface area contributed by atoms with Gasteiger partial charge in [0.15, 0.2) is 0 Å². The van der Waals surface area contributed by atoms with Crippen LogP contribution in [0.3, 0.4) is 0 Å². The molecule has 1 spiro atoms. The zero-order valence-electron chi connectivity index (χ0n) is 15.0. The van der Waals surface area contributed by atoms with E-state index in [-0.39, 0.29) is 28.4 Å². The van der Waals surface area contributed by atoms with Crippen LogP contribution in [0.25, 0.3) is 0 Å². The highest BCUT2D eigenvalue weighted by atomic mass is 16.3. The minimum absolute atomic E-state index is 0.0159. The van der Waals surface area contributed by atoms with Crippen molar-refractivity contribution in [1.29, 1.82) is 0 Å². The Morgan fingerprint density at radius 1 is 1.25 bits per heavy atom. The summed E-state index contributed by atoms with van der Waals surface area (Å²) in [5, 5.41) is 31.7. The third kappa shape index (κ3) is 1.83. The number of Topliss-reactive ketones (excluding diaryl/α,β-unsaturated/α-hetero) is 1. The Morgan fingerprint density at radius 3 is 2.62 bits per heavy atom. The fourth-order valence-corrected chi connectivity index (χ4v) is 7.54. The molecule has 0 saturated heterocycles. The van der Waals surface area contributed by atoms with Crippen molar-refractivity contribution in [3.05, 3.63) is 12.2 Å². The summed E-state index contributed by atoms with van der Waals surface area (Å²) in [6.45, 7) is 6.24. The predicted molar refractivity (Wildman–Crippen MR) is 90.1 cm³/mol. The van der Waals surface area contributed by atoms with Crippen LogP contribution in [0.1, 0.15) is 52.9 Å². The fourth-order valence-electron chi connectivity index (χ4n) is 7.54. The summed E-state index contributed by atoms with van der Waals surface area (Å²) >= 11 is 0. The Kier molecular flexibility index (Phi) is 3.29. The largest absolute Gasteiger partial charge is 0.393 e. The highest BCUT2D eigenvalue weighted by Crippen LogP contribution is 2.69. The molecule has 5 aliphatic carbocycles. The van der Waals surface area contributed by atoms with E-state index in [9.17, 15) is 20.1 Å². The van der Waals surface area contributed by atoms with Crippen LogP contribution < -0.4 is 0 Å². The molecule has 134 valence electrons. The van der Waals surface area contributed by atoms with Gasteiger partial charge in [-0.3, -0.25) is 4.79 Å². The lowest BCUT2D eigenvalue weighted by Gasteiger charge is -2.68. The van der Waals surface area contributed by atoms with Gasteiger partial charge in [-0.2, -0.15) is 0 Å². The Balaban J connectivity index is 1.86. The topological polar surface area (TPSA) is 77.8 Å². The van der Waals surface area contributed by atoms with Gasteiger partial charge in [0.2, 0.25) is 0 Å². The number of ketones is 1. The molecule has 4 heteroatoms. The SMILES string of the molecule is CC1(C)CCC[C@]2(C)C1[C@H](O)CC13C=CC(C(=O)C12)[C@](O)(CO)C3. The highest BCUT2D eigenvalue weighted by molar-refractivity contribution is 5.91. The van der Waals surface area contributed by atoms with Gasteiger partial charge >= 0.3 is 0 Å². The van der Waals surface area contributed by atoms with Gasteiger partial charge in [-0.25, -0.2) is 0 Å². The van der Waals surface area contributed by atoms with Crippen molar-refractivity contribution in [3.8, 4) is 0 Å².